The van der Waals surface area contributed by atoms with Gasteiger partial charge in [0, 0.05) is 12.3 Å². The fraction of sp³-hybridized carbons (Fsp3) is 0.800. The third-order valence-electron chi connectivity index (χ3n) is 4.33. The van der Waals surface area contributed by atoms with Crippen LogP contribution >= 0.6 is 0 Å². The minimum Gasteiger partial charge on any atom is -0.481 e. The molecule has 0 heterocycles. The van der Waals surface area contributed by atoms with Crippen molar-refractivity contribution in [2.75, 3.05) is 0 Å². The minimum absolute atomic E-state index is 0.152. The summed E-state index contributed by atoms with van der Waals surface area (Å²) in [6.07, 6.45) is 2.10. The highest BCUT2D eigenvalue weighted by Gasteiger charge is 2.67. The van der Waals surface area contributed by atoms with Gasteiger partial charge in [0.25, 0.3) is 0 Å². The van der Waals surface area contributed by atoms with Crippen LogP contribution in [0.5, 0.6) is 0 Å². The molecule has 3 atom stereocenters. The molecule has 1 N–H and O–H groups in total. The molecule has 2 aliphatic rings. The number of fused-ring (bicyclic) bond motifs is 2. The van der Waals surface area contributed by atoms with E-state index >= 15 is 0 Å². The highest BCUT2D eigenvalue weighted by molar-refractivity contribution is 5.94. The Labute approximate surface area is 77.1 Å². The first-order valence-corrected chi connectivity index (χ1v) is 4.68. The Kier molecular flexibility index (Phi) is 1.44. The molecule has 0 saturated heterocycles. The average Bonchev–Trinajstić information content (AvgIpc) is 2.35. The Morgan fingerprint density at radius 2 is 2.15 bits per heavy atom. The molecule has 0 aliphatic heterocycles. The second kappa shape index (κ2) is 2.14. The Morgan fingerprint density at radius 1 is 1.54 bits per heavy atom. The lowest BCUT2D eigenvalue weighted by Gasteiger charge is -2.32. The first kappa shape index (κ1) is 8.73. The molecular formula is C10H14O3. The lowest BCUT2D eigenvalue weighted by atomic mass is 9.69. The van der Waals surface area contributed by atoms with Crippen LogP contribution in [0.1, 0.15) is 33.1 Å². The Morgan fingerprint density at radius 3 is 2.38 bits per heavy atom. The van der Waals surface area contributed by atoms with Crippen molar-refractivity contribution in [3.05, 3.63) is 0 Å². The summed E-state index contributed by atoms with van der Waals surface area (Å²) in [6.45, 7) is 3.67. The van der Waals surface area contributed by atoms with E-state index in [9.17, 15) is 14.7 Å². The molecule has 3 unspecified atom stereocenters. The summed E-state index contributed by atoms with van der Waals surface area (Å²) in [7, 11) is 0. The number of Topliss-reactive ketones (excluding diaryl/α,β-unsaturated/α-hetero) is 1. The highest BCUT2D eigenvalue weighted by Crippen LogP contribution is 2.64. The van der Waals surface area contributed by atoms with E-state index in [4.69, 9.17) is 0 Å². The van der Waals surface area contributed by atoms with Crippen molar-refractivity contribution in [1.29, 1.82) is 0 Å². The van der Waals surface area contributed by atoms with Crippen LogP contribution < -0.4 is 0 Å². The van der Waals surface area contributed by atoms with E-state index in [0.29, 0.717) is 6.42 Å². The van der Waals surface area contributed by atoms with E-state index in [1.807, 2.05) is 6.92 Å². The summed E-state index contributed by atoms with van der Waals surface area (Å²) < 4.78 is 0. The van der Waals surface area contributed by atoms with Crippen LogP contribution in [0.4, 0.5) is 0 Å². The molecule has 2 saturated carbocycles. The number of carbonyl (C=O) groups excluding carboxylic acids is 1. The summed E-state index contributed by atoms with van der Waals surface area (Å²) in [4.78, 5) is 22.7. The average molecular weight is 182 g/mol. The highest BCUT2D eigenvalue weighted by atomic mass is 16.4. The van der Waals surface area contributed by atoms with Gasteiger partial charge in [-0.2, -0.15) is 0 Å². The molecule has 2 bridgehead atoms. The van der Waals surface area contributed by atoms with Gasteiger partial charge >= 0.3 is 5.97 Å². The molecule has 0 aromatic rings. The second-order valence-electron chi connectivity index (χ2n) is 4.80. The van der Waals surface area contributed by atoms with Crippen molar-refractivity contribution >= 4 is 11.8 Å². The van der Waals surface area contributed by atoms with Crippen molar-refractivity contribution in [1.82, 2.24) is 0 Å². The smallest absolute Gasteiger partial charge is 0.310 e. The van der Waals surface area contributed by atoms with Crippen LogP contribution in [0.25, 0.3) is 0 Å². The number of aliphatic carboxylic acids is 1. The van der Waals surface area contributed by atoms with E-state index in [1.165, 1.54) is 0 Å². The second-order valence-corrected chi connectivity index (χ2v) is 4.80. The van der Waals surface area contributed by atoms with Gasteiger partial charge in [-0.3, -0.25) is 9.59 Å². The number of hydrogen-bond acceptors (Lipinski definition) is 2. The monoisotopic (exact) mass is 182 g/mol. The first-order chi connectivity index (χ1) is 5.92. The number of ketones is 1. The van der Waals surface area contributed by atoms with E-state index in [1.54, 1.807) is 6.92 Å². The zero-order valence-electron chi connectivity index (χ0n) is 7.96. The number of hydrogen-bond donors (Lipinski definition) is 1. The summed E-state index contributed by atoms with van der Waals surface area (Å²) in [5, 5.41) is 9.18. The van der Waals surface area contributed by atoms with E-state index in [0.717, 1.165) is 12.8 Å². The van der Waals surface area contributed by atoms with Gasteiger partial charge in [-0.05, 0) is 25.2 Å². The van der Waals surface area contributed by atoms with Gasteiger partial charge in [-0.25, -0.2) is 0 Å². The molecule has 3 nitrogen and oxygen atoms in total. The molecule has 0 aromatic carbocycles. The Hall–Kier alpha value is -0.860. The summed E-state index contributed by atoms with van der Waals surface area (Å²) >= 11 is 0. The fourth-order valence-electron chi connectivity index (χ4n) is 3.10. The zero-order chi connectivity index (χ0) is 9.85. The summed E-state index contributed by atoms with van der Waals surface area (Å²) in [6, 6.07) is 0. The van der Waals surface area contributed by atoms with Crippen LogP contribution in [0.15, 0.2) is 0 Å². The molecule has 0 amide bonds. The number of carboxylic acid groups (broad SMARTS) is 1. The standard InChI is InChI=1S/C10H14O3/c1-9-4-3-6(7(11)5-9)10(9,2)8(12)13/h6H,3-5H2,1-2H3,(H,12,13). The largest absolute Gasteiger partial charge is 0.481 e. The van der Waals surface area contributed by atoms with E-state index in [-0.39, 0.29) is 17.1 Å². The van der Waals surface area contributed by atoms with E-state index in [2.05, 4.69) is 0 Å². The van der Waals surface area contributed by atoms with Crippen LogP contribution in [0.3, 0.4) is 0 Å². The van der Waals surface area contributed by atoms with Crippen LogP contribution in [0.2, 0.25) is 0 Å². The number of carbonyl (C=O) groups is 2. The molecular weight excluding hydrogens is 168 g/mol. The molecule has 2 fully saturated rings. The number of rotatable bonds is 1. The number of carboxylic acids is 1. The SMILES string of the molecule is CC12CCC(C(=O)C1)C2(C)C(=O)O. The summed E-state index contributed by atoms with van der Waals surface area (Å²) in [5.41, 5.74) is -1.09. The Bertz CT molecular complexity index is 297. The fourth-order valence-corrected chi connectivity index (χ4v) is 3.10. The predicted molar refractivity (Wildman–Crippen MR) is 46.2 cm³/mol. The van der Waals surface area contributed by atoms with Gasteiger partial charge in [0.05, 0.1) is 5.41 Å². The molecule has 72 valence electrons. The lowest BCUT2D eigenvalue weighted by Crippen LogP contribution is -2.38. The van der Waals surface area contributed by atoms with Gasteiger partial charge in [-0.1, -0.05) is 6.92 Å². The van der Waals surface area contributed by atoms with Gasteiger partial charge in [0.2, 0.25) is 0 Å². The van der Waals surface area contributed by atoms with Crippen LogP contribution in [-0.2, 0) is 9.59 Å². The first-order valence-electron chi connectivity index (χ1n) is 4.68. The van der Waals surface area contributed by atoms with Gasteiger partial charge in [0.1, 0.15) is 5.78 Å². The van der Waals surface area contributed by atoms with Crippen molar-refractivity contribution in [2.24, 2.45) is 16.7 Å². The quantitative estimate of drug-likeness (QED) is 0.668. The maximum atomic E-state index is 11.5. The third-order valence-corrected chi connectivity index (χ3v) is 4.33. The molecule has 2 rings (SSSR count). The normalized spacial score (nSPS) is 48.5. The zero-order valence-corrected chi connectivity index (χ0v) is 7.96. The molecule has 0 spiro atoms. The van der Waals surface area contributed by atoms with Crippen molar-refractivity contribution < 1.29 is 14.7 Å². The predicted octanol–water partition coefficient (Wildman–Crippen LogP) is 1.47. The molecule has 13 heavy (non-hydrogen) atoms. The van der Waals surface area contributed by atoms with Crippen molar-refractivity contribution in [2.45, 2.75) is 33.1 Å². The van der Waals surface area contributed by atoms with Crippen molar-refractivity contribution in [3.8, 4) is 0 Å². The Balaban J connectivity index is 2.51. The van der Waals surface area contributed by atoms with Crippen molar-refractivity contribution in [3.63, 3.8) is 0 Å². The van der Waals surface area contributed by atoms with Crippen LogP contribution in [-0.4, -0.2) is 16.9 Å². The molecule has 0 aromatic heterocycles. The molecule has 3 heteroatoms. The minimum atomic E-state index is -0.802. The lowest BCUT2D eigenvalue weighted by molar-refractivity contribution is -0.154. The molecule has 0 radical (unpaired) electrons. The van der Waals surface area contributed by atoms with Gasteiger partial charge in [-0.15, -0.1) is 0 Å². The summed E-state index contributed by atoms with van der Waals surface area (Å²) in [5.74, 6) is -0.878. The van der Waals surface area contributed by atoms with E-state index < -0.39 is 11.4 Å². The van der Waals surface area contributed by atoms with Gasteiger partial charge < -0.3 is 5.11 Å². The third kappa shape index (κ3) is 0.754. The maximum Gasteiger partial charge on any atom is 0.310 e. The maximum absolute atomic E-state index is 11.5. The molecule has 2 aliphatic carbocycles. The van der Waals surface area contributed by atoms with Gasteiger partial charge in [0.15, 0.2) is 0 Å². The van der Waals surface area contributed by atoms with Crippen LogP contribution in [0, 0.1) is 16.7 Å². The topological polar surface area (TPSA) is 54.4 Å².